The van der Waals surface area contributed by atoms with Gasteiger partial charge >= 0.3 is 5.97 Å². The first-order chi connectivity index (χ1) is 20.5. The van der Waals surface area contributed by atoms with E-state index in [1.807, 2.05) is 91.1 Å². The van der Waals surface area contributed by atoms with Crippen molar-refractivity contribution >= 4 is 40.0 Å². The number of allylic oxidation sites excluding steroid dienone is 1. The largest absolute Gasteiger partial charge is 0.497 e. The average Bonchev–Trinajstić information content (AvgIpc) is 3.53. The summed E-state index contributed by atoms with van der Waals surface area (Å²) in [5.74, 6) is 0.0980. The first-order valence-electron chi connectivity index (χ1n) is 13.6. The van der Waals surface area contributed by atoms with Gasteiger partial charge in [-0.05, 0) is 36.8 Å². The van der Waals surface area contributed by atoms with Crippen LogP contribution in [0.3, 0.4) is 0 Å². The van der Waals surface area contributed by atoms with E-state index in [2.05, 4.69) is 17.2 Å². The third kappa shape index (κ3) is 4.80. The van der Waals surface area contributed by atoms with E-state index in [1.165, 1.54) is 11.3 Å². The summed E-state index contributed by atoms with van der Waals surface area (Å²) in [7, 11) is 1.59. The second-order valence-corrected chi connectivity index (χ2v) is 10.8. The fourth-order valence-electron chi connectivity index (χ4n) is 5.39. The molecule has 3 aromatic carbocycles. The molecule has 3 heterocycles. The van der Waals surface area contributed by atoms with E-state index in [0.717, 1.165) is 27.6 Å². The van der Waals surface area contributed by atoms with Crippen molar-refractivity contribution in [2.75, 3.05) is 13.7 Å². The lowest BCUT2D eigenvalue weighted by atomic mass is 9.93. The molecule has 5 aromatic rings. The second kappa shape index (κ2) is 11.5. The number of carbonyl (C=O) groups excluding carboxylic acids is 1. The molecule has 0 saturated heterocycles. The van der Waals surface area contributed by atoms with Gasteiger partial charge in [0.15, 0.2) is 4.80 Å². The highest BCUT2D eigenvalue weighted by Gasteiger charge is 2.35. The minimum absolute atomic E-state index is 0.189. The third-order valence-corrected chi connectivity index (χ3v) is 8.20. The van der Waals surface area contributed by atoms with Crippen LogP contribution in [-0.4, -0.2) is 28.8 Å². The number of para-hydroxylation sites is 1. The highest BCUT2D eigenvalue weighted by molar-refractivity contribution is 7.07. The van der Waals surface area contributed by atoms with Gasteiger partial charge < -0.3 is 14.0 Å². The monoisotopic (exact) mass is 575 g/mol. The summed E-state index contributed by atoms with van der Waals surface area (Å²) >= 11 is 1.30. The van der Waals surface area contributed by atoms with Gasteiger partial charge in [0, 0.05) is 34.8 Å². The van der Waals surface area contributed by atoms with Crippen LogP contribution in [0.1, 0.15) is 29.7 Å². The Morgan fingerprint density at radius 1 is 1.07 bits per heavy atom. The second-order valence-electron chi connectivity index (χ2n) is 9.75. The predicted molar refractivity (Wildman–Crippen MR) is 166 cm³/mol. The standard InChI is InChI=1S/C34H29N3O4S/c1-4-18-36-21-24(26-16-9-10-17-27(26)36)20-28-32(38)37-31(23-14-11-15-25(19-23)40-3)29(33(39)41-5-2)30(35-34(37)42-28)22-12-7-6-8-13-22/h4,6-17,19-21,31H,1,5,18H2,2-3H3/b28-20+. The Kier molecular flexibility index (Phi) is 7.46. The molecule has 0 saturated carbocycles. The predicted octanol–water partition coefficient (Wildman–Crippen LogP) is 5.08. The molecule has 1 aliphatic heterocycles. The van der Waals surface area contributed by atoms with E-state index >= 15 is 0 Å². The number of hydrogen-bond donors (Lipinski definition) is 0. The van der Waals surface area contributed by atoms with Crippen LogP contribution >= 0.6 is 11.3 Å². The van der Waals surface area contributed by atoms with Gasteiger partial charge in [0.1, 0.15) is 5.75 Å². The van der Waals surface area contributed by atoms with Crippen molar-refractivity contribution in [1.29, 1.82) is 0 Å². The van der Waals surface area contributed by atoms with Crippen molar-refractivity contribution in [3.8, 4) is 5.75 Å². The SMILES string of the molecule is C=CCn1cc(/C=c2/sc3n(c2=O)C(c2cccc(OC)c2)C(C(=O)OCC)=C(c2ccccc2)N=3)c2ccccc21. The quantitative estimate of drug-likeness (QED) is 0.191. The van der Waals surface area contributed by atoms with Gasteiger partial charge in [-0.15, -0.1) is 6.58 Å². The number of esters is 1. The van der Waals surface area contributed by atoms with Crippen LogP contribution in [0.25, 0.3) is 22.7 Å². The lowest BCUT2D eigenvalue weighted by Crippen LogP contribution is -2.40. The molecular weight excluding hydrogens is 546 g/mol. The van der Waals surface area contributed by atoms with Gasteiger partial charge in [-0.1, -0.05) is 78.1 Å². The Morgan fingerprint density at radius 3 is 2.62 bits per heavy atom. The van der Waals surface area contributed by atoms with Gasteiger partial charge in [-0.25, -0.2) is 9.79 Å². The topological polar surface area (TPSA) is 74.8 Å². The Hall–Kier alpha value is -4.95. The molecule has 8 heteroatoms. The van der Waals surface area contributed by atoms with E-state index in [-0.39, 0.29) is 12.2 Å². The molecule has 0 radical (unpaired) electrons. The summed E-state index contributed by atoms with van der Waals surface area (Å²) in [6, 6.07) is 24.2. The fourth-order valence-corrected chi connectivity index (χ4v) is 6.38. The minimum atomic E-state index is -0.769. The van der Waals surface area contributed by atoms with E-state index in [1.54, 1.807) is 18.6 Å². The van der Waals surface area contributed by atoms with E-state index in [0.29, 0.717) is 32.9 Å². The maximum Gasteiger partial charge on any atom is 0.338 e. The van der Waals surface area contributed by atoms with Crippen LogP contribution in [0, 0.1) is 0 Å². The molecule has 2 aromatic heterocycles. The number of hydrogen-bond acceptors (Lipinski definition) is 6. The van der Waals surface area contributed by atoms with Crippen LogP contribution in [0.4, 0.5) is 0 Å². The van der Waals surface area contributed by atoms with Crippen molar-refractivity contribution in [2.24, 2.45) is 4.99 Å². The molecule has 42 heavy (non-hydrogen) atoms. The Labute approximate surface area is 246 Å². The molecule has 1 aliphatic rings. The number of fused-ring (bicyclic) bond motifs is 2. The minimum Gasteiger partial charge on any atom is -0.497 e. The Morgan fingerprint density at radius 2 is 1.86 bits per heavy atom. The Bertz CT molecular complexity index is 2030. The third-order valence-electron chi connectivity index (χ3n) is 7.22. The highest BCUT2D eigenvalue weighted by atomic mass is 32.1. The van der Waals surface area contributed by atoms with Crippen molar-refractivity contribution in [1.82, 2.24) is 9.13 Å². The lowest BCUT2D eigenvalue weighted by molar-refractivity contribution is -0.138. The zero-order valence-corrected chi connectivity index (χ0v) is 24.1. The molecular formula is C34H29N3O4S. The smallest absolute Gasteiger partial charge is 0.338 e. The average molecular weight is 576 g/mol. The number of benzene rings is 3. The molecule has 6 rings (SSSR count). The van der Waals surface area contributed by atoms with Gasteiger partial charge in [0.25, 0.3) is 5.56 Å². The van der Waals surface area contributed by atoms with Crippen LogP contribution < -0.4 is 19.6 Å². The summed E-state index contributed by atoms with van der Waals surface area (Å²) in [4.78, 5) is 33.3. The van der Waals surface area contributed by atoms with E-state index in [9.17, 15) is 9.59 Å². The van der Waals surface area contributed by atoms with Crippen LogP contribution in [0.2, 0.25) is 0 Å². The molecule has 210 valence electrons. The molecule has 7 nitrogen and oxygen atoms in total. The van der Waals surface area contributed by atoms with Crippen molar-refractivity contribution in [3.63, 3.8) is 0 Å². The first-order valence-corrected chi connectivity index (χ1v) is 14.5. The zero-order valence-electron chi connectivity index (χ0n) is 23.3. The van der Waals surface area contributed by atoms with Crippen molar-refractivity contribution in [2.45, 2.75) is 19.5 Å². The van der Waals surface area contributed by atoms with Gasteiger partial charge in [-0.3, -0.25) is 9.36 Å². The molecule has 0 amide bonds. The summed E-state index contributed by atoms with van der Waals surface area (Å²) < 4.78 is 15.3. The number of carbonyl (C=O) groups is 1. The van der Waals surface area contributed by atoms with E-state index < -0.39 is 12.0 Å². The van der Waals surface area contributed by atoms with Crippen LogP contribution in [0.15, 0.2) is 113 Å². The normalized spacial score (nSPS) is 14.9. The molecule has 0 N–H and O–H groups in total. The zero-order chi connectivity index (χ0) is 29.2. The number of thiazole rings is 1. The fraction of sp³-hybridized carbons (Fsp3) is 0.147. The number of ether oxygens (including phenoxy) is 2. The lowest BCUT2D eigenvalue weighted by Gasteiger charge is -2.26. The molecule has 0 spiro atoms. The molecule has 0 bridgehead atoms. The summed E-state index contributed by atoms with van der Waals surface area (Å²) in [6.45, 7) is 6.48. The van der Waals surface area contributed by atoms with Crippen molar-refractivity contribution in [3.05, 3.63) is 140 Å². The maximum atomic E-state index is 14.2. The van der Waals surface area contributed by atoms with Gasteiger partial charge in [0.05, 0.1) is 35.6 Å². The van der Waals surface area contributed by atoms with E-state index in [4.69, 9.17) is 14.5 Å². The first kappa shape index (κ1) is 27.2. The maximum absolute atomic E-state index is 14.2. The summed E-state index contributed by atoms with van der Waals surface area (Å²) in [5.41, 5.74) is 4.01. The Balaban J connectivity index is 1.65. The summed E-state index contributed by atoms with van der Waals surface area (Å²) in [6.07, 6.45) is 5.79. The number of aromatic nitrogens is 2. The van der Waals surface area contributed by atoms with Gasteiger partial charge in [0.2, 0.25) is 0 Å². The number of nitrogens with zero attached hydrogens (tertiary/aromatic N) is 3. The molecule has 1 atom stereocenters. The van der Waals surface area contributed by atoms with Gasteiger partial charge in [-0.2, -0.15) is 0 Å². The van der Waals surface area contributed by atoms with Crippen LogP contribution in [0.5, 0.6) is 5.75 Å². The van der Waals surface area contributed by atoms with Crippen LogP contribution in [-0.2, 0) is 16.1 Å². The summed E-state index contributed by atoms with van der Waals surface area (Å²) in [5, 5.41) is 1.03. The highest BCUT2D eigenvalue weighted by Crippen LogP contribution is 2.36. The molecule has 0 aliphatic carbocycles. The number of rotatable bonds is 8. The number of methoxy groups -OCH3 is 1. The van der Waals surface area contributed by atoms with Crippen molar-refractivity contribution < 1.29 is 14.3 Å². The molecule has 0 fully saturated rings. The molecule has 1 unspecified atom stereocenters.